The number of nitrogens with zero attached hydrogens (tertiary/aromatic N) is 2. The topological polar surface area (TPSA) is 68.9 Å². The summed E-state index contributed by atoms with van der Waals surface area (Å²) in [5, 5.41) is 0. The molecule has 7 heteroatoms. The molecule has 0 saturated carbocycles. The van der Waals surface area contributed by atoms with Gasteiger partial charge in [0, 0.05) is 18.0 Å². The number of halogens is 3. The molecule has 1 amide bonds. The van der Waals surface area contributed by atoms with Crippen molar-refractivity contribution in [2.75, 3.05) is 0 Å². The van der Waals surface area contributed by atoms with E-state index in [1.807, 2.05) is 0 Å². The lowest BCUT2D eigenvalue weighted by Gasteiger charge is -2.13. The van der Waals surface area contributed by atoms with Crippen LogP contribution in [0.4, 0.5) is 13.2 Å². The Balaban J connectivity index is 2.05. The Morgan fingerprint density at radius 1 is 0.880 bits per heavy atom. The summed E-state index contributed by atoms with van der Waals surface area (Å²) < 4.78 is 39.5. The van der Waals surface area contributed by atoms with Gasteiger partial charge in [0.05, 0.1) is 5.56 Å². The van der Waals surface area contributed by atoms with Crippen LogP contribution in [0, 0.1) is 0 Å². The highest BCUT2D eigenvalue weighted by Gasteiger charge is 2.33. The third-order valence-electron chi connectivity index (χ3n) is 3.63. The van der Waals surface area contributed by atoms with E-state index < -0.39 is 17.6 Å². The first-order valence-corrected chi connectivity index (χ1v) is 7.26. The molecule has 1 aromatic heterocycles. The van der Waals surface area contributed by atoms with Crippen LogP contribution in [0.25, 0.3) is 22.4 Å². The van der Waals surface area contributed by atoms with Crippen LogP contribution in [0.3, 0.4) is 0 Å². The Labute approximate surface area is 141 Å². The first kappa shape index (κ1) is 16.6. The summed E-state index contributed by atoms with van der Waals surface area (Å²) in [4.78, 5) is 19.4. The summed E-state index contributed by atoms with van der Waals surface area (Å²) in [6, 6.07) is 11.6. The molecule has 0 saturated heterocycles. The molecule has 0 spiro atoms. The Morgan fingerprint density at radius 3 is 2.12 bits per heavy atom. The molecule has 3 aromatic rings. The van der Waals surface area contributed by atoms with Crippen molar-refractivity contribution < 1.29 is 18.0 Å². The van der Waals surface area contributed by atoms with E-state index >= 15 is 0 Å². The van der Waals surface area contributed by atoms with Gasteiger partial charge in [-0.3, -0.25) is 9.78 Å². The Bertz CT molecular complexity index is 921. The maximum absolute atomic E-state index is 13.2. The molecule has 0 atom stereocenters. The van der Waals surface area contributed by atoms with Crippen LogP contribution in [0.5, 0.6) is 0 Å². The van der Waals surface area contributed by atoms with Crippen molar-refractivity contribution in [3.8, 4) is 22.4 Å². The van der Waals surface area contributed by atoms with Crippen molar-refractivity contribution in [3.05, 3.63) is 72.2 Å². The monoisotopic (exact) mass is 343 g/mol. The van der Waals surface area contributed by atoms with Gasteiger partial charge in [-0.25, -0.2) is 4.98 Å². The quantitative estimate of drug-likeness (QED) is 0.783. The maximum Gasteiger partial charge on any atom is 0.417 e. The van der Waals surface area contributed by atoms with E-state index in [1.165, 1.54) is 24.5 Å². The van der Waals surface area contributed by atoms with Crippen LogP contribution < -0.4 is 5.73 Å². The van der Waals surface area contributed by atoms with Gasteiger partial charge in [0.1, 0.15) is 5.69 Å². The van der Waals surface area contributed by atoms with Crippen LogP contribution in [0.2, 0.25) is 0 Å². The summed E-state index contributed by atoms with van der Waals surface area (Å²) in [7, 11) is 0. The zero-order valence-corrected chi connectivity index (χ0v) is 12.8. The second-order valence-electron chi connectivity index (χ2n) is 5.24. The summed E-state index contributed by atoms with van der Waals surface area (Å²) >= 11 is 0. The van der Waals surface area contributed by atoms with Gasteiger partial charge in [-0.05, 0) is 17.2 Å². The molecule has 0 fully saturated rings. The molecule has 0 aliphatic rings. The van der Waals surface area contributed by atoms with Crippen molar-refractivity contribution in [1.29, 1.82) is 0 Å². The number of rotatable bonds is 3. The molecule has 0 aliphatic carbocycles. The predicted octanol–water partition coefficient (Wildman–Crippen LogP) is 3.93. The van der Waals surface area contributed by atoms with Gasteiger partial charge in [-0.2, -0.15) is 13.2 Å². The van der Waals surface area contributed by atoms with Crippen LogP contribution in [-0.2, 0) is 6.18 Å². The standard InChI is InChI=1S/C18H12F3N3O/c19-18(20,21)14-4-2-1-3-13(14)11-5-7-12(8-6-11)15-16(17(22)25)24-10-9-23-15/h1-10H,(H2,22,25). The lowest BCUT2D eigenvalue weighted by atomic mass is 9.97. The third kappa shape index (κ3) is 3.35. The molecule has 126 valence electrons. The van der Waals surface area contributed by atoms with E-state index in [1.54, 1.807) is 30.3 Å². The molecule has 4 nitrogen and oxygen atoms in total. The lowest BCUT2D eigenvalue weighted by molar-refractivity contribution is -0.137. The second-order valence-corrected chi connectivity index (χ2v) is 5.24. The molecule has 2 aromatic carbocycles. The summed E-state index contributed by atoms with van der Waals surface area (Å²) in [5.41, 5.74) is 5.87. The maximum atomic E-state index is 13.2. The highest BCUT2D eigenvalue weighted by molar-refractivity contribution is 5.96. The Morgan fingerprint density at radius 2 is 1.48 bits per heavy atom. The zero-order valence-electron chi connectivity index (χ0n) is 12.8. The molecular formula is C18H12F3N3O. The fraction of sp³-hybridized carbons (Fsp3) is 0.0556. The minimum absolute atomic E-state index is 0.00550. The summed E-state index contributed by atoms with van der Waals surface area (Å²) in [6.45, 7) is 0. The van der Waals surface area contributed by atoms with Gasteiger partial charge >= 0.3 is 6.18 Å². The van der Waals surface area contributed by atoms with Gasteiger partial charge in [0.15, 0.2) is 5.69 Å². The minimum Gasteiger partial charge on any atom is -0.364 e. The molecule has 1 heterocycles. The third-order valence-corrected chi connectivity index (χ3v) is 3.63. The van der Waals surface area contributed by atoms with Crippen LogP contribution in [0.1, 0.15) is 16.1 Å². The van der Waals surface area contributed by atoms with Gasteiger partial charge in [-0.15, -0.1) is 0 Å². The number of alkyl halides is 3. The number of hydrogen-bond acceptors (Lipinski definition) is 3. The number of aromatic nitrogens is 2. The van der Waals surface area contributed by atoms with Crippen molar-refractivity contribution in [3.63, 3.8) is 0 Å². The lowest BCUT2D eigenvalue weighted by Crippen LogP contribution is -2.15. The van der Waals surface area contributed by atoms with Crippen molar-refractivity contribution >= 4 is 5.91 Å². The summed E-state index contributed by atoms with van der Waals surface area (Å²) in [6.07, 6.45) is -1.69. The van der Waals surface area contributed by atoms with Crippen molar-refractivity contribution in [2.45, 2.75) is 6.18 Å². The Kier molecular flexibility index (Phi) is 4.22. The first-order valence-electron chi connectivity index (χ1n) is 7.26. The van der Waals surface area contributed by atoms with Crippen LogP contribution in [0.15, 0.2) is 60.9 Å². The molecule has 0 unspecified atom stereocenters. The van der Waals surface area contributed by atoms with Gasteiger partial charge in [0.25, 0.3) is 5.91 Å². The number of amides is 1. The van der Waals surface area contributed by atoms with E-state index in [4.69, 9.17) is 5.73 Å². The largest absolute Gasteiger partial charge is 0.417 e. The van der Waals surface area contributed by atoms with Crippen LogP contribution >= 0.6 is 0 Å². The van der Waals surface area contributed by atoms with E-state index in [9.17, 15) is 18.0 Å². The average molecular weight is 343 g/mol. The highest BCUT2D eigenvalue weighted by Crippen LogP contribution is 2.37. The minimum atomic E-state index is -4.45. The average Bonchev–Trinajstić information content (AvgIpc) is 2.61. The number of carbonyl (C=O) groups excluding carboxylic acids is 1. The second kappa shape index (κ2) is 6.35. The zero-order chi connectivity index (χ0) is 18.0. The first-order chi connectivity index (χ1) is 11.9. The van der Waals surface area contributed by atoms with E-state index in [0.717, 1.165) is 6.07 Å². The number of primary amides is 1. The molecular weight excluding hydrogens is 331 g/mol. The fourth-order valence-corrected chi connectivity index (χ4v) is 2.52. The van der Waals surface area contributed by atoms with E-state index in [2.05, 4.69) is 9.97 Å². The van der Waals surface area contributed by atoms with E-state index in [-0.39, 0.29) is 17.0 Å². The van der Waals surface area contributed by atoms with Gasteiger partial charge in [-0.1, -0.05) is 42.5 Å². The molecule has 3 rings (SSSR count). The van der Waals surface area contributed by atoms with Gasteiger partial charge in [0.2, 0.25) is 0 Å². The Hall–Kier alpha value is -3.22. The molecule has 0 radical (unpaired) electrons. The SMILES string of the molecule is NC(=O)c1nccnc1-c1ccc(-c2ccccc2C(F)(F)F)cc1. The number of benzene rings is 2. The van der Waals surface area contributed by atoms with Crippen molar-refractivity contribution in [2.24, 2.45) is 5.73 Å². The summed E-state index contributed by atoms with van der Waals surface area (Å²) in [5.74, 6) is -0.727. The normalized spacial score (nSPS) is 11.3. The molecule has 0 bridgehead atoms. The van der Waals surface area contributed by atoms with E-state index in [0.29, 0.717) is 11.1 Å². The van der Waals surface area contributed by atoms with Gasteiger partial charge < -0.3 is 5.73 Å². The molecule has 0 aliphatic heterocycles. The fourth-order valence-electron chi connectivity index (χ4n) is 2.52. The highest BCUT2D eigenvalue weighted by atomic mass is 19.4. The number of carbonyl (C=O) groups is 1. The predicted molar refractivity (Wildman–Crippen MR) is 86.4 cm³/mol. The smallest absolute Gasteiger partial charge is 0.364 e. The molecule has 25 heavy (non-hydrogen) atoms. The number of nitrogens with two attached hydrogens (primary N) is 1. The van der Waals surface area contributed by atoms with Crippen molar-refractivity contribution in [1.82, 2.24) is 9.97 Å². The van der Waals surface area contributed by atoms with Crippen LogP contribution in [-0.4, -0.2) is 15.9 Å². The number of hydrogen-bond donors (Lipinski definition) is 1. The molecule has 2 N–H and O–H groups in total.